The van der Waals surface area contributed by atoms with Crippen molar-refractivity contribution >= 4 is 17.7 Å². The smallest absolute Gasteiger partial charge is 0.227 e. The van der Waals surface area contributed by atoms with Gasteiger partial charge in [-0.2, -0.15) is 0 Å². The fraction of sp³-hybridized carbons (Fsp3) is 0.462. The lowest BCUT2D eigenvalue weighted by molar-refractivity contribution is -0.134. The minimum absolute atomic E-state index is 0.201. The molecule has 2 rings (SSSR count). The highest BCUT2D eigenvalue weighted by Gasteiger charge is 2.16. The summed E-state index contributed by atoms with van der Waals surface area (Å²) in [5.74, 6) is 0.201. The molecule has 0 aromatic heterocycles. The third-order valence-electron chi connectivity index (χ3n) is 2.85. The van der Waals surface area contributed by atoms with Crippen LogP contribution in [0.3, 0.4) is 0 Å². The molecule has 92 valence electrons. The average molecular weight is 251 g/mol. The molecule has 4 heteroatoms. The Morgan fingerprint density at radius 1 is 1.41 bits per heavy atom. The molecule has 0 unspecified atom stereocenters. The molecule has 1 aliphatic heterocycles. The van der Waals surface area contributed by atoms with Crippen LogP contribution < -0.4 is 0 Å². The van der Waals surface area contributed by atoms with Gasteiger partial charge in [-0.1, -0.05) is 12.1 Å². The van der Waals surface area contributed by atoms with Gasteiger partial charge in [0.1, 0.15) is 0 Å². The second kappa shape index (κ2) is 6.07. The number of hydrogen-bond acceptors (Lipinski definition) is 3. The van der Waals surface area contributed by atoms with Crippen molar-refractivity contribution in [2.75, 3.05) is 32.6 Å². The van der Waals surface area contributed by atoms with E-state index in [9.17, 15) is 4.79 Å². The van der Waals surface area contributed by atoms with E-state index in [1.54, 1.807) is 11.8 Å². The van der Waals surface area contributed by atoms with Crippen molar-refractivity contribution < 1.29 is 9.53 Å². The summed E-state index contributed by atoms with van der Waals surface area (Å²) in [5, 5.41) is 0. The fourth-order valence-corrected chi connectivity index (χ4v) is 2.37. The summed E-state index contributed by atoms with van der Waals surface area (Å²) in [4.78, 5) is 15.1. The van der Waals surface area contributed by atoms with Crippen molar-refractivity contribution in [2.24, 2.45) is 0 Å². The van der Waals surface area contributed by atoms with E-state index in [1.807, 2.05) is 23.3 Å². The first-order valence-electron chi connectivity index (χ1n) is 5.78. The van der Waals surface area contributed by atoms with Gasteiger partial charge in [-0.15, -0.1) is 11.8 Å². The van der Waals surface area contributed by atoms with Crippen LogP contribution in [0.25, 0.3) is 0 Å². The molecule has 0 aliphatic carbocycles. The number of ether oxygens (including phenoxy) is 1. The second-order valence-electron chi connectivity index (χ2n) is 4.02. The molecule has 0 N–H and O–H groups in total. The Labute approximate surface area is 106 Å². The van der Waals surface area contributed by atoms with E-state index in [1.165, 1.54) is 4.90 Å². The number of rotatable bonds is 3. The minimum atomic E-state index is 0.201. The zero-order valence-electron chi connectivity index (χ0n) is 10.0. The van der Waals surface area contributed by atoms with Crippen LogP contribution in [0.5, 0.6) is 0 Å². The number of nitrogens with zero attached hydrogens (tertiary/aromatic N) is 1. The Morgan fingerprint density at radius 3 is 2.88 bits per heavy atom. The van der Waals surface area contributed by atoms with Crippen LogP contribution >= 0.6 is 11.8 Å². The normalized spacial score (nSPS) is 15.9. The Balaban J connectivity index is 1.96. The van der Waals surface area contributed by atoms with Gasteiger partial charge in [-0.3, -0.25) is 4.79 Å². The number of benzene rings is 1. The van der Waals surface area contributed by atoms with Crippen LogP contribution in [-0.2, 0) is 16.0 Å². The molecule has 1 heterocycles. The predicted molar refractivity (Wildman–Crippen MR) is 69.3 cm³/mol. The standard InChI is InChI=1S/C13H17NO2S/c1-17-12-4-2-3-11(9-12)10-13(15)14-5-7-16-8-6-14/h2-4,9H,5-8,10H2,1H3. The van der Waals surface area contributed by atoms with Gasteiger partial charge in [0.25, 0.3) is 0 Å². The molecule has 1 aliphatic rings. The van der Waals surface area contributed by atoms with E-state index in [4.69, 9.17) is 4.74 Å². The van der Waals surface area contributed by atoms with Gasteiger partial charge in [0, 0.05) is 18.0 Å². The molecule has 0 saturated carbocycles. The Hall–Kier alpha value is -1.00. The minimum Gasteiger partial charge on any atom is -0.378 e. The number of morpholine rings is 1. The molecule has 1 saturated heterocycles. The van der Waals surface area contributed by atoms with Crippen molar-refractivity contribution in [1.82, 2.24) is 4.90 Å². The molecular weight excluding hydrogens is 234 g/mol. The lowest BCUT2D eigenvalue weighted by Crippen LogP contribution is -2.41. The molecule has 1 aromatic carbocycles. The van der Waals surface area contributed by atoms with Gasteiger partial charge in [0.05, 0.1) is 19.6 Å². The first-order chi connectivity index (χ1) is 8.29. The largest absolute Gasteiger partial charge is 0.378 e. The van der Waals surface area contributed by atoms with E-state index in [0.29, 0.717) is 19.6 Å². The average Bonchev–Trinajstić information content (AvgIpc) is 2.40. The Morgan fingerprint density at radius 2 is 2.18 bits per heavy atom. The zero-order chi connectivity index (χ0) is 12.1. The van der Waals surface area contributed by atoms with Crippen LogP contribution in [-0.4, -0.2) is 43.4 Å². The van der Waals surface area contributed by atoms with E-state index < -0.39 is 0 Å². The maximum absolute atomic E-state index is 12.0. The van der Waals surface area contributed by atoms with Gasteiger partial charge >= 0.3 is 0 Å². The summed E-state index contributed by atoms with van der Waals surface area (Å²) in [6.07, 6.45) is 2.54. The number of thioether (sulfide) groups is 1. The van der Waals surface area contributed by atoms with Crippen LogP contribution in [0.15, 0.2) is 29.2 Å². The van der Waals surface area contributed by atoms with Gasteiger partial charge in [0.15, 0.2) is 0 Å². The number of hydrogen-bond donors (Lipinski definition) is 0. The second-order valence-corrected chi connectivity index (χ2v) is 4.90. The molecular formula is C13H17NO2S. The van der Waals surface area contributed by atoms with Gasteiger partial charge in [-0.25, -0.2) is 0 Å². The molecule has 1 aromatic rings. The quantitative estimate of drug-likeness (QED) is 0.767. The Bertz CT molecular complexity index is 389. The lowest BCUT2D eigenvalue weighted by Gasteiger charge is -2.26. The van der Waals surface area contributed by atoms with Crippen molar-refractivity contribution in [2.45, 2.75) is 11.3 Å². The van der Waals surface area contributed by atoms with Crippen molar-refractivity contribution in [3.63, 3.8) is 0 Å². The first-order valence-corrected chi connectivity index (χ1v) is 7.00. The lowest BCUT2D eigenvalue weighted by atomic mass is 10.1. The summed E-state index contributed by atoms with van der Waals surface area (Å²) in [7, 11) is 0. The molecule has 1 amide bonds. The van der Waals surface area contributed by atoms with E-state index >= 15 is 0 Å². The fourth-order valence-electron chi connectivity index (χ4n) is 1.88. The maximum atomic E-state index is 12.0. The highest BCUT2D eigenvalue weighted by molar-refractivity contribution is 7.98. The van der Waals surface area contributed by atoms with Gasteiger partial charge in [-0.05, 0) is 24.0 Å². The van der Waals surface area contributed by atoms with E-state index in [-0.39, 0.29) is 5.91 Å². The number of carbonyl (C=O) groups is 1. The molecule has 17 heavy (non-hydrogen) atoms. The number of amides is 1. The summed E-state index contributed by atoms with van der Waals surface area (Å²) in [5.41, 5.74) is 1.09. The summed E-state index contributed by atoms with van der Waals surface area (Å²) in [6, 6.07) is 8.17. The molecule has 0 atom stereocenters. The number of carbonyl (C=O) groups excluding carboxylic acids is 1. The van der Waals surface area contributed by atoms with Crippen LogP contribution in [0, 0.1) is 0 Å². The van der Waals surface area contributed by atoms with Crippen molar-refractivity contribution in [1.29, 1.82) is 0 Å². The zero-order valence-corrected chi connectivity index (χ0v) is 10.8. The molecule has 0 bridgehead atoms. The molecule has 3 nitrogen and oxygen atoms in total. The predicted octanol–water partition coefficient (Wildman–Crippen LogP) is 1.81. The maximum Gasteiger partial charge on any atom is 0.227 e. The van der Waals surface area contributed by atoms with Gasteiger partial charge in [0.2, 0.25) is 5.91 Å². The van der Waals surface area contributed by atoms with Crippen LogP contribution in [0.2, 0.25) is 0 Å². The highest BCUT2D eigenvalue weighted by Crippen LogP contribution is 2.16. The molecule has 0 spiro atoms. The van der Waals surface area contributed by atoms with E-state index in [0.717, 1.165) is 18.7 Å². The summed E-state index contributed by atoms with van der Waals surface area (Å²) >= 11 is 1.70. The van der Waals surface area contributed by atoms with Crippen molar-refractivity contribution in [3.8, 4) is 0 Å². The van der Waals surface area contributed by atoms with Gasteiger partial charge < -0.3 is 9.64 Å². The molecule has 1 fully saturated rings. The third kappa shape index (κ3) is 3.48. The summed E-state index contributed by atoms with van der Waals surface area (Å²) < 4.78 is 5.24. The SMILES string of the molecule is CSc1cccc(CC(=O)N2CCOCC2)c1. The van der Waals surface area contributed by atoms with Crippen LogP contribution in [0.1, 0.15) is 5.56 Å². The monoisotopic (exact) mass is 251 g/mol. The highest BCUT2D eigenvalue weighted by atomic mass is 32.2. The van der Waals surface area contributed by atoms with Crippen molar-refractivity contribution in [3.05, 3.63) is 29.8 Å². The topological polar surface area (TPSA) is 29.5 Å². The third-order valence-corrected chi connectivity index (χ3v) is 3.58. The van der Waals surface area contributed by atoms with Crippen LogP contribution in [0.4, 0.5) is 0 Å². The Kier molecular flexibility index (Phi) is 4.45. The van der Waals surface area contributed by atoms with E-state index in [2.05, 4.69) is 12.1 Å². The summed E-state index contributed by atoms with van der Waals surface area (Å²) in [6.45, 7) is 2.77. The first kappa shape index (κ1) is 12.5. The molecule has 0 radical (unpaired) electrons.